The highest BCUT2D eigenvalue weighted by molar-refractivity contribution is 7.98. The van der Waals surface area contributed by atoms with Gasteiger partial charge in [-0.1, -0.05) is 0 Å². The molecular formula is C38H49N5O7S. The van der Waals surface area contributed by atoms with Crippen molar-refractivity contribution in [1.82, 2.24) is 20.2 Å². The van der Waals surface area contributed by atoms with E-state index in [2.05, 4.69) is 33.9 Å². The number of ether oxygens (including phenoxy) is 5. The molecule has 0 saturated carbocycles. The second kappa shape index (κ2) is 14.8. The molecule has 274 valence electrons. The van der Waals surface area contributed by atoms with Gasteiger partial charge in [0.2, 0.25) is 0 Å². The van der Waals surface area contributed by atoms with Crippen LogP contribution in [0, 0.1) is 19.8 Å². The molecule has 7 rings (SSSR count). The Morgan fingerprint density at radius 1 is 1.06 bits per heavy atom. The van der Waals surface area contributed by atoms with Crippen LogP contribution in [0.2, 0.25) is 0 Å². The van der Waals surface area contributed by atoms with Crippen molar-refractivity contribution in [3.63, 3.8) is 0 Å². The first-order valence-corrected chi connectivity index (χ1v) is 19.2. The number of likely N-dealkylation sites (tertiary alicyclic amines) is 1. The molecule has 0 spiro atoms. The first kappa shape index (κ1) is 35.8. The minimum atomic E-state index is -0.917. The molecule has 4 aliphatic heterocycles. The fraction of sp³-hybridized carbons (Fsp3) is 0.553. The zero-order valence-corrected chi connectivity index (χ0v) is 31.2. The van der Waals surface area contributed by atoms with Crippen LogP contribution in [0.5, 0.6) is 11.5 Å². The number of benzene rings is 1. The lowest BCUT2D eigenvalue weighted by molar-refractivity contribution is -0.130. The van der Waals surface area contributed by atoms with Crippen LogP contribution in [0.1, 0.15) is 60.8 Å². The molecule has 1 aromatic carbocycles. The number of amides is 1. The van der Waals surface area contributed by atoms with Crippen LogP contribution in [0.3, 0.4) is 0 Å². The van der Waals surface area contributed by atoms with Crippen LogP contribution < -0.4 is 25.2 Å². The molecule has 13 heteroatoms. The van der Waals surface area contributed by atoms with Gasteiger partial charge in [0.15, 0.2) is 17.8 Å². The van der Waals surface area contributed by atoms with Gasteiger partial charge in [0.05, 0.1) is 25.4 Å². The summed E-state index contributed by atoms with van der Waals surface area (Å²) in [5.74, 6) is 0.959. The Kier molecular flexibility index (Phi) is 10.4. The van der Waals surface area contributed by atoms with Crippen molar-refractivity contribution in [2.45, 2.75) is 83.2 Å². The number of H-pyrrole nitrogens is 1. The van der Waals surface area contributed by atoms with E-state index in [1.807, 2.05) is 57.5 Å². The van der Waals surface area contributed by atoms with E-state index in [-0.39, 0.29) is 42.4 Å². The molecule has 0 aliphatic carbocycles. The molecule has 2 aromatic heterocycles. The van der Waals surface area contributed by atoms with Gasteiger partial charge in [0, 0.05) is 83.6 Å². The van der Waals surface area contributed by atoms with E-state index in [0.29, 0.717) is 41.4 Å². The number of rotatable bonds is 9. The van der Waals surface area contributed by atoms with Gasteiger partial charge in [-0.05, 0) is 84.1 Å². The summed E-state index contributed by atoms with van der Waals surface area (Å²) in [6.45, 7) is 15.3. The molecule has 3 unspecified atom stereocenters. The predicted molar refractivity (Wildman–Crippen MR) is 196 cm³/mol. The summed E-state index contributed by atoms with van der Waals surface area (Å²) in [7, 11) is 0. The first-order chi connectivity index (χ1) is 24.5. The molecule has 2 N–H and O–H groups in total. The van der Waals surface area contributed by atoms with E-state index in [1.165, 1.54) is 11.8 Å². The lowest BCUT2D eigenvalue weighted by Crippen LogP contribution is -2.49. The van der Waals surface area contributed by atoms with Gasteiger partial charge in [-0.25, -0.2) is 4.98 Å². The Hall–Kier alpha value is -3.62. The summed E-state index contributed by atoms with van der Waals surface area (Å²) in [6.07, 6.45) is 5.59. The average Bonchev–Trinajstić information content (AvgIpc) is 3.76. The van der Waals surface area contributed by atoms with Gasteiger partial charge in [0.25, 0.3) is 17.3 Å². The molecule has 1 amide bonds. The van der Waals surface area contributed by atoms with Crippen LogP contribution in [-0.2, 0) is 20.8 Å². The van der Waals surface area contributed by atoms with Crippen LogP contribution in [0.15, 0.2) is 40.2 Å². The molecule has 0 bridgehead atoms. The summed E-state index contributed by atoms with van der Waals surface area (Å²) in [5.41, 5.74) is 3.79. The highest BCUT2D eigenvalue weighted by Gasteiger charge is 2.47. The highest BCUT2D eigenvalue weighted by atomic mass is 32.2. The first-order valence-electron chi connectivity index (χ1n) is 17.9. The molecule has 0 radical (unpaired) electrons. The van der Waals surface area contributed by atoms with Crippen LogP contribution >= 0.6 is 11.8 Å². The van der Waals surface area contributed by atoms with Crippen molar-refractivity contribution < 1.29 is 28.5 Å². The number of pyridine rings is 2. The molecule has 12 nitrogen and oxygen atoms in total. The molecule has 3 saturated heterocycles. The fourth-order valence-electron chi connectivity index (χ4n) is 7.76. The van der Waals surface area contributed by atoms with E-state index < -0.39 is 5.79 Å². The van der Waals surface area contributed by atoms with Crippen molar-refractivity contribution in [2.24, 2.45) is 5.92 Å². The number of carbonyl (C=O) groups excluding carboxylic acids is 1. The van der Waals surface area contributed by atoms with Gasteiger partial charge in [-0.2, -0.15) is 0 Å². The fourth-order valence-corrected chi connectivity index (χ4v) is 8.47. The normalized spacial score (nSPS) is 24.3. The number of hydrogen-bond acceptors (Lipinski definition) is 11. The summed E-state index contributed by atoms with van der Waals surface area (Å²) >= 11 is 1.48. The third-order valence-corrected chi connectivity index (χ3v) is 11.2. The number of nitrogens with one attached hydrogen (secondary N) is 2. The maximum Gasteiger partial charge on any atom is 0.254 e. The Bertz CT molecular complexity index is 1800. The van der Waals surface area contributed by atoms with Crippen LogP contribution in [0.4, 0.5) is 5.82 Å². The maximum absolute atomic E-state index is 14.0. The number of carbonyl (C=O) groups is 1. The number of hydrogen-bond donors (Lipinski definition) is 2. The second-order valence-corrected chi connectivity index (χ2v) is 15.1. The Morgan fingerprint density at radius 3 is 2.43 bits per heavy atom. The number of nitrogens with zero attached hydrogens (tertiary/aromatic N) is 3. The molecule has 3 fully saturated rings. The van der Waals surface area contributed by atoms with Crippen molar-refractivity contribution in [1.29, 1.82) is 0 Å². The predicted octanol–water partition coefficient (Wildman–Crippen LogP) is 4.89. The minimum Gasteiger partial charge on any atom is -0.448 e. The monoisotopic (exact) mass is 719 g/mol. The topological polar surface area (TPSA) is 127 Å². The zero-order valence-electron chi connectivity index (χ0n) is 30.4. The third-order valence-electron chi connectivity index (χ3n) is 10.4. The number of anilines is 1. The molecule has 4 aliphatic rings. The van der Waals surface area contributed by atoms with Crippen LogP contribution in [0.25, 0.3) is 11.1 Å². The Balaban J connectivity index is 1.17. The summed E-state index contributed by atoms with van der Waals surface area (Å²) in [6, 6.07) is 7.84. The SMILES string of the molecule is CSc1cc(C)[nH]c(=O)c1CNC(=O)c1cc(-c2ccc(N3CC(C)OC(C)C3)nc2)c2c(c1C)OC(C)(C1CCN(CC3OCCO3)CC1)O2. The van der Waals surface area contributed by atoms with Crippen molar-refractivity contribution >= 4 is 23.5 Å². The Labute approximate surface area is 303 Å². The van der Waals surface area contributed by atoms with Gasteiger partial charge in [-0.3, -0.25) is 14.5 Å². The number of aryl methyl sites for hydroxylation is 1. The second-order valence-electron chi connectivity index (χ2n) is 14.3. The van der Waals surface area contributed by atoms with Gasteiger partial charge >= 0.3 is 0 Å². The lowest BCUT2D eigenvalue weighted by atomic mass is 9.89. The molecule has 6 heterocycles. The number of piperidine rings is 1. The number of fused-ring (bicyclic) bond motifs is 1. The van der Waals surface area contributed by atoms with E-state index in [1.54, 1.807) is 0 Å². The van der Waals surface area contributed by atoms with E-state index in [9.17, 15) is 9.59 Å². The van der Waals surface area contributed by atoms with Crippen LogP contribution in [-0.4, -0.2) is 97.3 Å². The van der Waals surface area contributed by atoms with E-state index >= 15 is 0 Å². The van der Waals surface area contributed by atoms with Gasteiger partial charge in [0.1, 0.15) is 5.82 Å². The number of aromatic nitrogens is 2. The van der Waals surface area contributed by atoms with Crippen molar-refractivity contribution in [2.75, 3.05) is 57.1 Å². The van der Waals surface area contributed by atoms with Gasteiger partial charge in [-0.15, -0.1) is 11.8 Å². The summed E-state index contributed by atoms with van der Waals surface area (Å²) < 4.78 is 30.9. The van der Waals surface area contributed by atoms with E-state index in [0.717, 1.165) is 73.1 Å². The zero-order chi connectivity index (χ0) is 35.9. The molecule has 3 aromatic rings. The quantitative estimate of drug-likeness (QED) is 0.294. The molecule has 3 atom stereocenters. The number of aromatic amines is 1. The maximum atomic E-state index is 14.0. The minimum absolute atomic E-state index is 0.0910. The average molecular weight is 720 g/mol. The number of morpholine rings is 1. The molecular weight excluding hydrogens is 671 g/mol. The van der Waals surface area contributed by atoms with Gasteiger partial charge < -0.3 is 38.9 Å². The standard InChI is InChI=1S/C38H49N5O7S/c1-22-15-31(51-6)30(37(45)41-22)18-40-36(44)28-16-29(26-7-8-32(39-17-26)43-19-23(2)48-24(3)20-43)35-34(25(28)4)49-38(5,50-35)27-9-11-42(12-10-27)21-33-46-13-14-47-33/h7-8,15-17,23-24,27,33H,9-14,18-21H2,1-6H3,(H,40,44)(H,41,45). The summed E-state index contributed by atoms with van der Waals surface area (Å²) in [4.78, 5) is 40.0. The largest absolute Gasteiger partial charge is 0.448 e. The third kappa shape index (κ3) is 7.50. The van der Waals surface area contributed by atoms with Crippen molar-refractivity contribution in [3.8, 4) is 22.6 Å². The summed E-state index contributed by atoms with van der Waals surface area (Å²) in [5, 5.41) is 3.01. The number of thioether (sulfide) groups is 1. The van der Waals surface area contributed by atoms with E-state index in [4.69, 9.17) is 28.7 Å². The molecule has 51 heavy (non-hydrogen) atoms. The Morgan fingerprint density at radius 2 is 1.76 bits per heavy atom. The van der Waals surface area contributed by atoms with Crippen molar-refractivity contribution in [3.05, 3.63) is 63.2 Å². The lowest BCUT2D eigenvalue weighted by Gasteiger charge is -2.39. The smallest absolute Gasteiger partial charge is 0.254 e. The highest BCUT2D eigenvalue weighted by Crippen LogP contribution is 2.52.